The lowest BCUT2D eigenvalue weighted by molar-refractivity contribution is -0.394. The zero-order valence-electron chi connectivity index (χ0n) is 12.4. The van der Waals surface area contributed by atoms with E-state index in [-0.39, 0.29) is 11.4 Å². The lowest BCUT2D eigenvalue weighted by Gasteiger charge is -2.00. The Hall–Kier alpha value is -3.21. The highest BCUT2D eigenvalue weighted by Crippen LogP contribution is 2.27. The van der Waals surface area contributed by atoms with Crippen molar-refractivity contribution >= 4 is 27.3 Å². The average molecular weight is 405 g/mol. The van der Waals surface area contributed by atoms with Gasteiger partial charge in [0.1, 0.15) is 0 Å². The summed E-state index contributed by atoms with van der Waals surface area (Å²) in [5, 5.41) is 33.8. The van der Waals surface area contributed by atoms with Crippen molar-refractivity contribution < 1.29 is 9.85 Å². The third-order valence-corrected chi connectivity index (χ3v) is 3.74. The molecule has 0 aliphatic carbocycles. The van der Waals surface area contributed by atoms with Crippen LogP contribution in [0, 0.1) is 20.2 Å². The number of benzene rings is 2. The zero-order chi connectivity index (χ0) is 18.0. The minimum Gasteiger partial charge on any atom is -0.258 e. The summed E-state index contributed by atoms with van der Waals surface area (Å²) >= 11 is 3.37. The van der Waals surface area contributed by atoms with Crippen LogP contribution >= 0.6 is 15.9 Å². The van der Waals surface area contributed by atoms with Gasteiger partial charge < -0.3 is 0 Å². The Balaban J connectivity index is 1.94. The molecule has 0 aliphatic heterocycles. The summed E-state index contributed by atoms with van der Waals surface area (Å²) in [6.45, 7) is 0.337. The topological polar surface area (TPSA) is 130 Å². The molecule has 0 N–H and O–H groups in total. The standard InChI is InChI=1S/C14H9BrN6O4/c15-11-3-1-2-9(4-11)8-19-17-14(16-18-19)10-5-12(20(22)23)7-13(6-10)21(24)25/h1-7H,8H2. The van der Waals surface area contributed by atoms with E-state index >= 15 is 0 Å². The number of halogens is 1. The van der Waals surface area contributed by atoms with Crippen LogP contribution in [-0.4, -0.2) is 30.1 Å². The number of rotatable bonds is 5. The second-order valence-corrected chi connectivity index (χ2v) is 5.94. The molecular weight excluding hydrogens is 396 g/mol. The summed E-state index contributed by atoms with van der Waals surface area (Å²) in [6, 6.07) is 10.7. The molecule has 11 heteroatoms. The van der Waals surface area contributed by atoms with E-state index in [1.54, 1.807) is 0 Å². The minimum absolute atomic E-state index is 0.0711. The van der Waals surface area contributed by atoms with Crippen molar-refractivity contribution in [1.29, 1.82) is 0 Å². The van der Waals surface area contributed by atoms with Crippen molar-refractivity contribution in [2.24, 2.45) is 0 Å². The van der Waals surface area contributed by atoms with Gasteiger partial charge in [-0.05, 0) is 22.9 Å². The number of non-ortho nitro benzene ring substituents is 2. The predicted octanol–water partition coefficient (Wildman–Crippen LogP) is 2.97. The number of nitrogens with zero attached hydrogens (tertiary/aromatic N) is 6. The van der Waals surface area contributed by atoms with Gasteiger partial charge in [-0.15, -0.1) is 10.2 Å². The van der Waals surface area contributed by atoms with Gasteiger partial charge in [0.15, 0.2) is 0 Å². The van der Waals surface area contributed by atoms with Gasteiger partial charge in [0.05, 0.1) is 22.5 Å². The summed E-state index contributed by atoms with van der Waals surface area (Å²) in [7, 11) is 0. The van der Waals surface area contributed by atoms with E-state index in [2.05, 4.69) is 31.3 Å². The highest BCUT2D eigenvalue weighted by atomic mass is 79.9. The van der Waals surface area contributed by atoms with Gasteiger partial charge >= 0.3 is 0 Å². The molecule has 126 valence electrons. The summed E-state index contributed by atoms with van der Waals surface area (Å²) in [6.07, 6.45) is 0. The first kappa shape index (κ1) is 16.6. The van der Waals surface area contributed by atoms with E-state index in [0.717, 1.165) is 16.1 Å². The Morgan fingerprint density at radius 2 is 1.72 bits per heavy atom. The number of tetrazole rings is 1. The van der Waals surface area contributed by atoms with Crippen molar-refractivity contribution in [3.05, 3.63) is 72.7 Å². The molecule has 0 amide bonds. The molecule has 3 rings (SSSR count). The fourth-order valence-electron chi connectivity index (χ4n) is 2.16. The third-order valence-electron chi connectivity index (χ3n) is 3.25. The van der Waals surface area contributed by atoms with Gasteiger partial charge in [-0.3, -0.25) is 20.2 Å². The van der Waals surface area contributed by atoms with E-state index in [4.69, 9.17) is 0 Å². The van der Waals surface area contributed by atoms with Crippen LogP contribution in [0.5, 0.6) is 0 Å². The summed E-state index contributed by atoms with van der Waals surface area (Å²) in [5.41, 5.74) is 0.254. The van der Waals surface area contributed by atoms with E-state index in [1.807, 2.05) is 24.3 Å². The van der Waals surface area contributed by atoms with Crippen molar-refractivity contribution in [2.45, 2.75) is 6.54 Å². The lowest BCUT2D eigenvalue weighted by atomic mass is 10.1. The van der Waals surface area contributed by atoms with E-state index < -0.39 is 21.2 Å². The average Bonchev–Trinajstić information content (AvgIpc) is 3.03. The van der Waals surface area contributed by atoms with Crippen molar-refractivity contribution in [3.63, 3.8) is 0 Å². The molecule has 0 spiro atoms. The van der Waals surface area contributed by atoms with E-state index in [1.165, 1.54) is 16.9 Å². The smallest absolute Gasteiger partial charge is 0.258 e. The molecule has 25 heavy (non-hydrogen) atoms. The van der Waals surface area contributed by atoms with Crippen LogP contribution in [-0.2, 0) is 6.54 Å². The molecule has 0 saturated carbocycles. The summed E-state index contributed by atoms with van der Waals surface area (Å²) in [5.74, 6) is 0.0711. The lowest BCUT2D eigenvalue weighted by Crippen LogP contribution is -2.04. The summed E-state index contributed by atoms with van der Waals surface area (Å²) < 4.78 is 0.902. The molecule has 0 fully saturated rings. The highest BCUT2D eigenvalue weighted by Gasteiger charge is 2.19. The number of hydrogen-bond acceptors (Lipinski definition) is 7. The number of nitro groups is 2. The second kappa shape index (κ2) is 6.73. The molecule has 0 bridgehead atoms. The van der Waals surface area contributed by atoms with Gasteiger partial charge in [0, 0.05) is 22.2 Å². The molecular formula is C14H9BrN6O4. The van der Waals surface area contributed by atoms with Crippen molar-refractivity contribution in [1.82, 2.24) is 20.2 Å². The Morgan fingerprint density at radius 1 is 1.04 bits per heavy atom. The number of nitro benzene ring substituents is 2. The zero-order valence-corrected chi connectivity index (χ0v) is 14.0. The minimum atomic E-state index is -0.706. The van der Waals surface area contributed by atoms with Crippen LogP contribution in [0.15, 0.2) is 46.9 Å². The second-order valence-electron chi connectivity index (χ2n) is 5.03. The molecule has 0 atom stereocenters. The van der Waals surface area contributed by atoms with Crippen LogP contribution in [0.1, 0.15) is 5.56 Å². The first-order chi connectivity index (χ1) is 11.9. The van der Waals surface area contributed by atoms with Crippen LogP contribution < -0.4 is 0 Å². The Labute approximate surface area is 148 Å². The Bertz CT molecular complexity index is 941. The van der Waals surface area contributed by atoms with E-state index in [0.29, 0.717) is 6.54 Å². The fraction of sp³-hybridized carbons (Fsp3) is 0.0714. The highest BCUT2D eigenvalue weighted by molar-refractivity contribution is 9.10. The van der Waals surface area contributed by atoms with Crippen LogP contribution in [0.3, 0.4) is 0 Å². The number of hydrogen-bond donors (Lipinski definition) is 0. The fourth-order valence-corrected chi connectivity index (χ4v) is 2.61. The van der Waals surface area contributed by atoms with Gasteiger partial charge in [0.25, 0.3) is 11.4 Å². The molecule has 0 saturated heterocycles. The largest absolute Gasteiger partial charge is 0.277 e. The van der Waals surface area contributed by atoms with Gasteiger partial charge in [-0.25, -0.2) is 0 Å². The van der Waals surface area contributed by atoms with Crippen molar-refractivity contribution in [3.8, 4) is 11.4 Å². The SMILES string of the molecule is O=[N+]([O-])c1cc(-c2nnn(Cc3cccc(Br)c3)n2)cc([N+](=O)[O-])c1. The van der Waals surface area contributed by atoms with Gasteiger partial charge in [-0.2, -0.15) is 4.80 Å². The molecule has 2 aromatic carbocycles. The molecule has 3 aromatic rings. The molecule has 1 heterocycles. The van der Waals surface area contributed by atoms with Crippen LogP contribution in [0.2, 0.25) is 0 Å². The van der Waals surface area contributed by atoms with Crippen LogP contribution in [0.25, 0.3) is 11.4 Å². The molecule has 1 aromatic heterocycles. The Morgan fingerprint density at radius 3 is 2.32 bits per heavy atom. The van der Waals surface area contributed by atoms with Gasteiger partial charge in [0.2, 0.25) is 5.82 Å². The quantitative estimate of drug-likeness (QED) is 0.471. The van der Waals surface area contributed by atoms with Crippen LogP contribution in [0.4, 0.5) is 11.4 Å². The molecule has 10 nitrogen and oxygen atoms in total. The first-order valence-corrected chi connectivity index (χ1v) is 7.68. The molecule has 0 radical (unpaired) electrons. The third kappa shape index (κ3) is 3.83. The predicted molar refractivity (Wildman–Crippen MR) is 89.8 cm³/mol. The normalized spacial score (nSPS) is 10.6. The number of aromatic nitrogens is 4. The summed E-state index contributed by atoms with van der Waals surface area (Å²) in [4.78, 5) is 21.8. The first-order valence-electron chi connectivity index (χ1n) is 6.89. The maximum atomic E-state index is 11.0. The van der Waals surface area contributed by atoms with Gasteiger partial charge in [-0.1, -0.05) is 28.1 Å². The van der Waals surface area contributed by atoms with Crippen molar-refractivity contribution in [2.75, 3.05) is 0 Å². The van der Waals surface area contributed by atoms with E-state index in [9.17, 15) is 20.2 Å². The Kier molecular flexibility index (Phi) is 4.48. The maximum Gasteiger partial charge on any atom is 0.277 e. The molecule has 0 aliphatic rings. The maximum absolute atomic E-state index is 11.0. The molecule has 0 unspecified atom stereocenters. The monoisotopic (exact) mass is 404 g/mol.